The van der Waals surface area contributed by atoms with Gasteiger partial charge in [0.2, 0.25) is 6.41 Å². The number of aromatic nitrogens is 2. The number of hydrogen-bond donors (Lipinski definition) is 2. The molecule has 2 aromatic rings. The summed E-state index contributed by atoms with van der Waals surface area (Å²) in [4.78, 5) is 22.3. The fourth-order valence-corrected chi connectivity index (χ4v) is 2.16. The van der Waals surface area contributed by atoms with Gasteiger partial charge in [-0.15, -0.1) is 0 Å². The minimum absolute atomic E-state index is 0.356. The Morgan fingerprint density at radius 2 is 2.17 bits per heavy atom. The molecule has 23 heavy (non-hydrogen) atoms. The predicted octanol–water partition coefficient (Wildman–Crippen LogP) is 2.60. The Morgan fingerprint density at radius 1 is 1.48 bits per heavy atom. The number of benzene rings is 1. The van der Waals surface area contributed by atoms with Crippen LogP contribution in [-0.2, 0) is 15.1 Å². The zero-order chi connectivity index (χ0) is 17.2. The third-order valence-corrected chi connectivity index (χ3v) is 3.68. The molecule has 0 fully saturated rings. The molecule has 1 aromatic heterocycles. The molecule has 0 aliphatic carbocycles. The fraction of sp³-hybridized carbons (Fsp3) is 0.267. The molecule has 0 radical (unpaired) electrons. The second-order valence-electron chi connectivity index (χ2n) is 5.31. The first-order valence-corrected chi connectivity index (χ1v) is 7.06. The van der Waals surface area contributed by atoms with Gasteiger partial charge in [-0.05, 0) is 32.0 Å². The summed E-state index contributed by atoms with van der Waals surface area (Å²) < 4.78 is 6.56. The smallest absolute Gasteiger partial charge is 0.331 e. The lowest BCUT2D eigenvalue weighted by Crippen LogP contribution is -2.36. The molecule has 0 aliphatic heterocycles. The molecule has 1 amide bonds. The summed E-state index contributed by atoms with van der Waals surface area (Å²) >= 11 is 6.03. The van der Waals surface area contributed by atoms with E-state index < -0.39 is 11.5 Å². The number of nitrogens with zero attached hydrogens (tertiary/aromatic N) is 2. The molecule has 0 atom stereocenters. The van der Waals surface area contributed by atoms with Gasteiger partial charge in [0.1, 0.15) is 11.4 Å². The molecular weight excluding hydrogens is 322 g/mol. The second-order valence-corrected chi connectivity index (χ2v) is 5.74. The van der Waals surface area contributed by atoms with Crippen LogP contribution in [0.3, 0.4) is 0 Å². The van der Waals surface area contributed by atoms with Crippen molar-refractivity contribution in [3.63, 3.8) is 0 Å². The predicted molar refractivity (Wildman–Crippen MR) is 85.9 cm³/mol. The first-order chi connectivity index (χ1) is 10.8. The van der Waals surface area contributed by atoms with Crippen molar-refractivity contribution < 1.29 is 19.4 Å². The third kappa shape index (κ3) is 3.14. The summed E-state index contributed by atoms with van der Waals surface area (Å²) in [6, 6.07) is 4.97. The lowest BCUT2D eigenvalue weighted by Gasteiger charge is -2.19. The Morgan fingerprint density at radius 3 is 2.74 bits per heavy atom. The van der Waals surface area contributed by atoms with Crippen molar-refractivity contribution in [1.82, 2.24) is 9.78 Å². The highest BCUT2D eigenvalue weighted by molar-refractivity contribution is 6.31. The lowest BCUT2D eigenvalue weighted by molar-refractivity contribution is -0.146. The van der Waals surface area contributed by atoms with Crippen LogP contribution in [0.1, 0.15) is 13.8 Å². The summed E-state index contributed by atoms with van der Waals surface area (Å²) in [5, 5.41) is 16.6. The van der Waals surface area contributed by atoms with Gasteiger partial charge in [0, 0.05) is 10.6 Å². The Balaban J connectivity index is 2.67. The number of amides is 1. The topological polar surface area (TPSA) is 93.5 Å². The Bertz CT molecular complexity index is 755. The standard InChI is InChI=1S/C15H16ClN3O4/c1-15(2,14(21)22)19-7-11(17-8-20)13(18-19)10-6-9(16)4-5-12(10)23-3/h4-8H,1-3H3,(H,17,20)(H,21,22). The first kappa shape index (κ1) is 16.8. The van der Waals surface area contributed by atoms with Gasteiger partial charge in [-0.25, -0.2) is 4.79 Å². The quantitative estimate of drug-likeness (QED) is 0.790. The van der Waals surface area contributed by atoms with E-state index in [0.29, 0.717) is 34.1 Å². The highest BCUT2D eigenvalue weighted by atomic mass is 35.5. The summed E-state index contributed by atoms with van der Waals surface area (Å²) in [6.45, 7) is 3.01. The van der Waals surface area contributed by atoms with Gasteiger partial charge in [0.05, 0.1) is 19.0 Å². The molecule has 1 heterocycles. The summed E-state index contributed by atoms with van der Waals surface area (Å²) in [6.07, 6.45) is 1.95. The van der Waals surface area contributed by atoms with Crippen LogP contribution in [0.25, 0.3) is 11.3 Å². The first-order valence-electron chi connectivity index (χ1n) is 6.69. The van der Waals surface area contributed by atoms with Crippen molar-refractivity contribution >= 4 is 29.7 Å². The normalized spacial score (nSPS) is 11.1. The Labute approximate surface area is 137 Å². The molecule has 0 bridgehead atoms. The average molecular weight is 338 g/mol. The molecule has 0 saturated carbocycles. The van der Waals surface area contributed by atoms with E-state index in [-0.39, 0.29) is 0 Å². The SMILES string of the molecule is COc1ccc(Cl)cc1-c1nn(C(C)(C)C(=O)O)cc1NC=O. The van der Waals surface area contributed by atoms with Crippen LogP contribution in [0.4, 0.5) is 5.69 Å². The number of carbonyl (C=O) groups is 2. The van der Waals surface area contributed by atoms with Crippen LogP contribution in [0, 0.1) is 0 Å². The molecule has 1 aromatic carbocycles. The third-order valence-electron chi connectivity index (χ3n) is 3.44. The van der Waals surface area contributed by atoms with Crippen molar-refractivity contribution in [3.05, 3.63) is 29.4 Å². The van der Waals surface area contributed by atoms with Crippen LogP contribution in [0.5, 0.6) is 5.75 Å². The van der Waals surface area contributed by atoms with Gasteiger partial charge in [-0.2, -0.15) is 5.10 Å². The number of aliphatic carboxylic acids is 1. The van der Waals surface area contributed by atoms with Crippen molar-refractivity contribution in [2.75, 3.05) is 12.4 Å². The molecule has 0 saturated heterocycles. The highest BCUT2D eigenvalue weighted by Gasteiger charge is 2.32. The van der Waals surface area contributed by atoms with Gasteiger partial charge in [0.25, 0.3) is 0 Å². The maximum absolute atomic E-state index is 11.4. The second kappa shape index (κ2) is 6.29. The summed E-state index contributed by atoms with van der Waals surface area (Å²) in [7, 11) is 1.50. The van der Waals surface area contributed by atoms with E-state index in [2.05, 4.69) is 10.4 Å². The summed E-state index contributed by atoms with van der Waals surface area (Å²) in [5.74, 6) is -0.552. The van der Waals surface area contributed by atoms with E-state index >= 15 is 0 Å². The van der Waals surface area contributed by atoms with E-state index in [1.165, 1.54) is 31.8 Å². The van der Waals surface area contributed by atoms with Crippen molar-refractivity contribution in [2.45, 2.75) is 19.4 Å². The van der Waals surface area contributed by atoms with Crippen LogP contribution in [0.2, 0.25) is 5.02 Å². The minimum atomic E-state index is -1.29. The maximum atomic E-state index is 11.4. The Hall–Kier alpha value is -2.54. The molecule has 2 rings (SSSR count). The molecule has 0 unspecified atom stereocenters. The van der Waals surface area contributed by atoms with Crippen molar-refractivity contribution in [2.24, 2.45) is 0 Å². The molecule has 2 N–H and O–H groups in total. The number of carboxylic acids is 1. The van der Waals surface area contributed by atoms with Gasteiger partial charge in [-0.1, -0.05) is 11.6 Å². The fourth-order valence-electron chi connectivity index (χ4n) is 1.99. The molecule has 0 aliphatic rings. The van der Waals surface area contributed by atoms with Crippen LogP contribution < -0.4 is 10.1 Å². The largest absolute Gasteiger partial charge is 0.496 e. The molecule has 7 nitrogen and oxygen atoms in total. The maximum Gasteiger partial charge on any atom is 0.331 e. The highest BCUT2D eigenvalue weighted by Crippen LogP contribution is 2.36. The van der Waals surface area contributed by atoms with E-state index in [1.807, 2.05) is 0 Å². The van der Waals surface area contributed by atoms with E-state index in [4.69, 9.17) is 16.3 Å². The monoisotopic (exact) mass is 337 g/mol. The average Bonchev–Trinajstić information content (AvgIpc) is 2.92. The van der Waals surface area contributed by atoms with E-state index in [1.54, 1.807) is 18.2 Å². The van der Waals surface area contributed by atoms with E-state index in [0.717, 1.165) is 0 Å². The summed E-state index contributed by atoms with van der Waals surface area (Å²) in [5.41, 5.74) is -0.0198. The molecular formula is C15H16ClN3O4. The Kier molecular flexibility index (Phi) is 4.60. The van der Waals surface area contributed by atoms with Crippen LogP contribution in [0.15, 0.2) is 24.4 Å². The molecule has 0 spiro atoms. The number of carbonyl (C=O) groups excluding carboxylic acids is 1. The van der Waals surface area contributed by atoms with Crippen molar-refractivity contribution in [1.29, 1.82) is 0 Å². The van der Waals surface area contributed by atoms with Crippen LogP contribution in [-0.4, -0.2) is 34.4 Å². The zero-order valence-electron chi connectivity index (χ0n) is 12.8. The van der Waals surface area contributed by atoms with Gasteiger partial charge in [0.15, 0.2) is 5.54 Å². The number of hydrogen-bond acceptors (Lipinski definition) is 4. The van der Waals surface area contributed by atoms with Gasteiger partial charge >= 0.3 is 5.97 Å². The zero-order valence-corrected chi connectivity index (χ0v) is 13.6. The van der Waals surface area contributed by atoms with Crippen LogP contribution >= 0.6 is 11.6 Å². The number of halogens is 1. The van der Waals surface area contributed by atoms with Crippen molar-refractivity contribution in [3.8, 4) is 17.0 Å². The molecule has 8 heteroatoms. The number of rotatable bonds is 6. The lowest BCUT2D eigenvalue weighted by atomic mass is 10.1. The number of methoxy groups -OCH3 is 1. The molecule has 122 valence electrons. The number of nitrogens with one attached hydrogen (secondary N) is 1. The number of anilines is 1. The van der Waals surface area contributed by atoms with Gasteiger partial charge in [-0.3, -0.25) is 9.48 Å². The van der Waals surface area contributed by atoms with Gasteiger partial charge < -0.3 is 15.2 Å². The van der Waals surface area contributed by atoms with E-state index in [9.17, 15) is 14.7 Å². The minimum Gasteiger partial charge on any atom is -0.496 e. The number of ether oxygens (including phenoxy) is 1. The number of carboxylic acid groups (broad SMARTS) is 1.